The quantitative estimate of drug-likeness (QED) is 0.764. The van der Waals surface area contributed by atoms with E-state index in [9.17, 15) is 4.79 Å². The molecule has 4 nitrogen and oxygen atoms in total. The summed E-state index contributed by atoms with van der Waals surface area (Å²) >= 11 is 0. The number of rotatable bonds is 2. The van der Waals surface area contributed by atoms with Gasteiger partial charge in [0.15, 0.2) is 0 Å². The Kier molecular flexibility index (Phi) is 4.40. The summed E-state index contributed by atoms with van der Waals surface area (Å²) in [5.41, 5.74) is 0. The highest BCUT2D eigenvalue weighted by atomic mass is 16.2. The van der Waals surface area contributed by atoms with Crippen molar-refractivity contribution in [3.63, 3.8) is 0 Å². The van der Waals surface area contributed by atoms with Crippen LogP contribution in [0.25, 0.3) is 0 Å². The van der Waals surface area contributed by atoms with Gasteiger partial charge in [-0.05, 0) is 32.9 Å². The van der Waals surface area contributed by atoms with Gasteiger partial charge in [0.2, 0.25) is 5.91 Å². The lowest BCUT2D eigenvalue weighted by Gasteiger charge is -2.41. The van der Waals surface area contributed by atoms with Crippen LogP contribution in [0.15, 0.2) is 0 Å². The Morgan fingerprint density at radius 2 is 2.24 bits per heavy atom. The van der Waals surface area contributed by atoms with E-state index in [0.29, 0.717) is 11.9 Å². The SMILES string of the molecule is CCN1CCN(C(=O)[C@@H]2CCCNC2)CC1C. The fourth-order valence-electron chi connectivity index (χ4n) is 2.99. The average Bonchev–Trinajstić information content (AvgIpc) is 2.39. The molecule has 0 radical (unpaired) electrons. The summed E-state index contributed by atoms with van der Waals surface area (Å²) < 4.78 is 0. The van der Waals surface area contributed by atoms with Gasteiger partial charge in [-0.3, -0.25) is 9.69 Å². The molecule has 0 bridgehead atoms. The first-order chi connectivity index (χ1) is 8.22. The third-order valence-electron chi connectivity index (χ3n) is 4.13. The molecule has 2 aliphatic rings. The number of hydrogen-bond acceptors (Lipinski definition) is 3. The Bertz CT molecular complexity index is 263. The molecule has 2 rings (SSSR count). The maximum Gasteiger partial charge on any atom is 0.227 e. The van der Waals surface area contributed by atoms with Crippen LogP contribution < -0.4 is 5.32 Å². The number of piperazine rings is 1. The summed E-state index contributed by atoms with van der Waals surface area (Å²) in [5.74, 6) is 0.601. The minimum Gasteiger partial charge on any atom is -0.340 e. The van der Waals surface area contributed by atoms with Gasteiger partial charge in [-0.25, -0.2) is 0 Å². The Labute approximate surface area is 104 Å². The minimum atomic E-state index is 0.226. The van der Waals surface area contributed by atoms with Crippen molar-refractivity contribution < 1.29 is 4.79 Å². The lowest BCUT2D eigenvalue weighted by atomic mass is 9.97. The molecule has 2 heterocycles. The Hall–Kier alpha value is -0.610. The predicted octanol–water partition coefficient (Wildman–Crippen LogP) is 0.539. The zero-order valence-electron chi connectivity index (χ0n) is 11.1. The lowest BCUT2D eigenvalue weighted by molar-refractivity contribution is -0.138. The summed E-state index contributed by atoms with van der Waals surface area (Å²) in [6.45, 7) is 10.3. The van der Waals surface area contributed by atoms with E-state index in [4.69, 9.17) is 0 Å². The minimum absolute atomic E-state index is 0.226. The van der Waals surface area contributed by atoms with E-state index < -0.39 is 0 Å². The predicted molar refractivity (Wildman–Crippen MR) is 68.9 cm³/mol. The third kappa shape index (κ3) is 2.99. The van der Waals surface area contributed by atoms with Crippen LogP contribution in [0.3, 0.4) is 0 Å². The van der Waals surface area contributed by atoms with Crippen LogP contribution in [0.5, 0.6) is 0 Å². The smallest absolute Gasteiger partial charge is 0.227 e. The number of likely N-dealkylation sites (N-methyl/N-ethyl adjacent to an activating group) is 1. The molecule has 2 fully saturated rings. The van der Waals surface area contributed by atoms with Crippen molar-refractivity contribution in [1.29, 1.82) is 0 Å². The Morgan fingerprint density at radius 3 is 2.82 bits per heavy atom. The molecule has 2 aliphatic heterocycles. The molecule has 0 aromatic carbocycles. The molecule has 1 unspecified atom stereocenters. The van der Waals surface area contributed by atoms with E-state index in [1.165, 1.54) is 0 Å². The fourth-order valence-corrected chi connectivity index (χ4v) is 2.99. The number of hydrogen-bond donors (Lipinski definition) is 1. The molecule has 17 heavy (non-hydrogen) atoms. The summed E-state index contributed by atoms with van der Waals surface area (Å²) in [6.07, 6.45) is 2.20. The van der Waals surface area contributed by atoms with Gasteiger partial charge in [0, 0.05) is 32.2 Å². The molecule has 0 aromatic rings. The van der Waals surface area contributed by atoms with Crippen molar-refractivity contribution in [2.24, 2.45) is 5.92 Å². The first-order valence-electron chi connectivity index (χ1n) is 6.96. The van der Waals surface area contributed by atoms with Crippen molar-refractivity contribution >= 4 is 5.91 Å². The van der Waals surface area contributed by atoms with Gasteiger partial charge >= 0.3 is 0 Å². The third-order valence-corrected chi connectivity index (χ3v) is 4.13. The maximum atomic E-state index is 12.4. The van der Waals surface area contributed by atoms with E-state index >= 15 is 0 Å². The molecule has 2 atom stereocenters. The molecular weight excluding hydrogens is 214 g/mol. The highest BCUT2D eigenvalue weighted by molar-refractivity contribution is 5.79. The second-order valence-corrected chi connectivity index (χ2v) is 5.31. The maximum absolute atomic E-state index is 12.4. The molecule has 0 saturated carbocycles. The number of carbonyl (C=O) groups is 1. The zero-order valence-corrected chi connectivity index (χ0v) is 11.1. The standard InChI is InChI=1S/C13H25N3O/c1-3-15-7-8-16(10-11(15)2)13(17)12-5-4-6-14-9-12/h11-12,14H,3-10H2,1-2H3/t11?,12-/m1/s1. The number of carbonyl (C=O) groups excluding carboxylic acids is 1. The van der Waals surface area contributed by atoms with Gasteiger partial charge in [0.25, 0.3) is 0 Å². The number of nitrogens with zero attached hydrogens (tertiary/aromatic N) is 2. The monoisotopic (exact) mass is 239 g/mol. The van der Waals surface area contributed by atoms with E-state index in [1.807, 2.05) is 0 Å². The first kappa shape index (κ1) is 12.8. The molecule has 2 saturated heterocycles. The number of amides is 1. The van der Waals surface area contributed by atoms with Crippen LogP contribution in [0.4, 0.5) is 0 Å². The van der Waals surface area contributed by atoms with Gasteiger partial charge in [0.1, 0.15) is 0 Å². The highest BCUT2D eigenvalue weighted by Gasteiger charge is 2.30. The van der Waals surface area contributed by atoms with E-state index in [1.54, 1.807) is 0 Å². The van der Waals surface area contributed by atoms with Gasteiger partial charge in [-0.1, -0.05) is 6.92 Å². The van der Waals surface area contributed by atoms with Crippen molar-refractivity contribution in [3.05, 3.63) is 0 Å². The van der Waals surface area contributed by atoms with Crippen molar-refractivity contribution in [2.45, 2.75) is 32.7 Å². The largest absolute Gasteiger partial charge is 0.340 e. The van der Waals surface area contributed by atoms with E-state index in [-0.39, 0.29) is 5.92 Å². The zero-order chi connectivity index (χ0) is 12.3. The van der Waals surface area contributed by atoms with Crippen LogP contribution in [-0.4, -0.2) is 61.0 Å². The lowest BCUT2D eigenvalue weighted by Crippen LogP contribution is -2.55. The topological polar surface area (TPSA) is 35.6 Å². The van der Waals surface area contributed by atoms with Crippen LogP contribution in [-0.2, 0) is 4.79 Å². The van der Waals surface area contributed by atoms with Gasteiger partial charge in [-0.2, -0.15) is 0 Å². The summed E-state index contributed by atoms with van der Waals surface area (Å²) in [6, 6.07) is 0.509. The van der Waals surface area contributed by atoms with Crippen molar-refractivity contribution in [1.82, 2.24) is 15.1 Å². The van der Waals surface area contributed by atoms with Gasteiger partial charge < -0.3 is 10.2 Å². The first-order valence-corrected chi connectivity index (χ1v) is 6.96. The summed E-state index contributed by atoms with van der Waals surface area (Å²) in [7, 11) is 0. The van der Waals surface area contributed by atoms with E-state index in [0.717, 1.165) is 52.1 Å². The van der Waals surface area contributed by atoms with Crippen molar-refractivity contribution in [3.8, 4) is 0 Å². The van der Waals surface area contributed by atoms with Crippen molar-refractivity contribution in [2.75, 3.05) is 39.3 Å². The Morgan fingerprint density at radius 1 is 1.41 bits per heavy atom. The van der Waals surface area contributed by atoms with Gasteiger partial charge in [-0.15, -0.1) is 0 Å². The van der Waals surface area contributed by atoms with Crippen LogP contribution in [0.1, 0.15) is 26.7 Å². The molecule has 0 aromatic heterocycles. The molecule has 0 spiro atoms. The molecule has 4 heteroatoms. The number of nitrogens with one attached hydrogen (secondary N) is 1. The van der Waals surface area contributed by atoms with Crippen LogP contribution >= 0.6 is 0 Å². The number of piperidine rings is 1. The van der Waals surface area contributed by atoms with Gasteiger partial charge in [0.05, 0.1) is 5.92 Å². The normalized spacial score (nSPS) is 31.5. The second kappa shape index (κ2) is 5.83. The molecular formula is C13H25N3O. The fraction of sp³-hybridized carbons (Fsp3) is 0.923. The van der Waals surface area contributed by atoms with Crippen LogP contribution in [0.2, 0.25) is 0 Å². The highest BCUT2D eigenvalue weighted by Crippen LogP contribution is 2.17. The summed E-state index contributed by atoms with van der Waals surface area (Å²) in [4.78, 5) is 16.9. The van der Waals surface area contributed by atoms with Crippen LogP contribution in [0, 0.1) is 5.92 Å². The molecule has 1 amide bonds. The molecule has 0 aliphatic carbocycles. The Balaban J connectivity index is 1.87. The van der Waals surface area contributed by atoms with E-state index in [2.05, 4.69) is 29.0 Å². The summed E-state index contributed by atoms with van der Waals surface area (Å²) in [5, 5.41) is 3.33. The molecule has 1 N–H and O–H groups in total. The second-order valence-electron chi connectivity index (χ2n) is 5.31. The molecule has 98 valence electrons. The average molecular weight is 239 g/mol.